The molecule has 0 atom stereocenters. The van der Waals surface area contributed by atoms with Gasteiger partial charge in [-0.25, -0.2) is 13.4 Å². The number of sulfonamides is 1. The lowest BCUT2D eigenvalue weighted by atomic mass is 10.0. The van der Waals surface area contributed by atoms with E-state index >= 15 is 0 Å². The van der Waals surface area contributed by atoms with Crippen molar-refractivity contribution < 1.29 is 13.2 Å². The Morgan fingerprint density at radius 1 is 1.18 bits per heavy atom. The van der Waals surface area contributed by atoms with Crippen LogP contribution in [0, 0.1) is 5.92 Å². The van der Waals surface area contributed by atoms with E-state index in [1.165, 1.54) is 0 Å². The molecule has 0 bridgehead atoms. The highest BCUT2D eigenvalue weighted by Crippen LogP contribution is 2.33. The highest BCUT2D eigenvalue weighted by molar-refractivity contribution is 7.93. The summed E-state index contributed by atoms with van der Waals surface area (Å²) >= 11 is 0. The van der Waals surface area contributed by atoms with Gasteiger partial charge >= 0.3 is 0 Å². The third-order valence-electron chi connectivity index (χ3n) is 4.80. The molecule has 146 valence electrons. The summed E-state index contributed by atoms with van der Waals surface area (Å²) in [6, 6.07) is 11.0. The standard InChI is InChI=1S/C20H22N4O3S/c1-12(2)28(26,27)24-15-7-5-13(6-8-15)17-11-18(23-20(25)14-3-4-14)22-19-16(17)9-10-21-19/h5-12,14,24H,3-4H2,1-2H3,(H2,21,22,23,25). The van der Waals surface area contributed by atoms with Gasteiger partial charge < -0.3 is 10.3 Å². The topological polar surface area (TPSA) is 104 Å². The van der Waals surface area contributed by atoms with Crippen LogP contribution in [-0.2, 0) is 14.8 Å². The summed E-state index contributed by atoms with van der Waals surface area (Å²) in [6.07, 6.45) is 3.66. The molecule has 0 saturated heterocycles. The number of hydrogen-bond donors (Lipinski definition) is 3. The lowest BCUT2D eigenvalue weighted by Crippen LogP contribution is -2.22. The van der Waals surface area contributed by atoms with Gasteiger partial charge in [0, 0.05) is 23.2 Å². The number of nitrogens with zero attached hydrogens (tertiary/aromatic N) is 1. The Kier molecular flexibility index (Phi) is 4.58. The van der Waals surface area contributed by atoms with Gasteiger partial charge in [-0.1, -0.05) is 12.1 Å². The molecule has 1 saturated carbocycles. The minimum Gasteiger partial charge on any atom is -0.346 e. The average molecular weight is 398 g/mol. The minimum absolute atomic E-state index is 0.00259. The van der Waals surface area contributed by atoms with Crippen LogP contribution in [-0.4, -0.2) is 29.5 Å². The minimum atomic E-state index is -3.39. The van der Waals surface area contributed by atoms with Crippen molar-refractivity contribution in [2.24, 2.45) is 5.92 Å². The van der Waals surface area contributed by atoms with Gasteiger partial charge in [0.05, 0.1) is 5.25 Å². The predicted octanol–water partition coefficient (Wildman–Crippen LogP) is 3.73. The molecule has 0 unspecified atom stereocenters. The van der Waals surface area contributed by atoms with Crippen molar-refractivity contribution >= 4 is 38.5 Å². The van der Waals surface area contributed by atoms with E-state index < -0.39 is 15.3 Å². The second-order valence-electron chi connectivity index (χ2n) is 7.33. The molecular formula is C20H22N4O3S. The number of rotatable bonds is 6. The second kappa shape index (κ2) is 6.94. The molecule has 0 aliphatic heterocycles. The van der Waals surface area contributed by atoms with Crippen molar-refractivity contribution in [3.8, 4) is 11.1 Å². The third kappa shape index (κ3) is 3.73. The number of carbonyl (C=O) groups excluding carboxylic acids is 1. The maximum atomic E-state index is 12.1. The van der Waals surface area contributed by atoms with E-state index in [1.807, 2.05) is 24.3 Å². The Morgan fingerprint density at radius 2 is 1.89 bits per heavy atom. The third-order valence-corrected chi connectivity index (χ3v) is 6.57. The van der Waals surface area contributed by atoms with Crippen LogP contribution in [0.15, 0.2) is 42.6 Å². The fraction of sp³-hybridized carbons (Fsp3) is 0.300. The number of fused-ring (bicyclic) bond motifs is 1. The smallest absolute Gasteiger partial charge is 0.235 e. The molecular weight excluding hydrogens is 376 g/mol. The van der Waals surface area contributed by atoms with Gasteiger partial charge in [-0.15, -0.1) is 0 Å². The van der Waals surface area contributed by atoms with E-state index in [1.54, 1.807) is 32.2 Å². The number of pyridine rings is 1. The van der Waals surface area contributed by atoms with Crippen LogP contribution < -0.4 is 10.0 Å². The Bertz CT molecular complexity index is 1130. The number of hydrogen-bond acceptors (Lipinski definition) is 4. The van der Waals surface area contributed by atoms with Gasteiger partial charge in [0.1, 0.15) is 11.5 Å². The fourth-order valence-corrected chi connectivity index (χ4v) is 3.61. The first-order valence-corrected chi connectivity index (χ1v) is 10.8. The number of amides is 1. The van der Waals surface area contributed by atoms with E-state index in [4.69, 9.17) is 0 Å². The van der Waals surface area contributed by atoms with Crippen molar-refractivity contribution in [2.75, 3.05) is 10.0 Å². The summed E-state index contributed by atoms with van der Waals surface area (Å²) in [7, 11) is -3.39. The van der Waals surface area contributed by atoms with Crippen molar-refractivity contribution in [3.05, 3.63) is 42.6 Å². The molecule has 1 aliphatic carbocycles. The summed E-state index contributed by atoms with van der Waals surface area (Å²) in [5.74, 6) is 0.604. The first-order chi connectivity index (χ1) is 13.3. The van der Waals surface area contributed by atoms with Crippen molar-refractivity contribution in [3.63, 3.8) is 0 Å². The molecule has 8 heteroatoms. The molecule has 3 N–H and O–H groups in total. The summed E-state index contributed by atoms with van der Waals surface area (Å²) in [6.45, 7) is 3.27. The molecule has 2 heterocycles. The molecule has 4 rings (SSSR count). The molecule has 1 fully saturated rings. The van der Waals surface area contributed by atoms with Crippen LogP contribution in [0.4, 0.5) is 11.5 Å². The first kappa shape index (κ1) is 18.5. The zero-order chi connectivity index (χ0) is 19.9. The molecule has 1 aliphatic rings. The van der Waals surface area contributed by atoms with Gasteiger partial charge in [-0.2, -0.15) is 0 Å². The number of carbonyl (C=O) groups is 1. The lowest BCUT2D eigenvalue weighted by molar-refractivity contribution is -0.117. The number of aromatic nitrogens is 2. The van der Waals surface area contributed by atoms with Crippen molar-refractivity contribution in [1.82, 2.24) is 9.97 Å². The molecule has 7 nitrogen and oxygen atoms in total. The number of benzene rings is 1. The number of aromatic amines is 1. The average Bonchev–Trinajstić information content (AvgIpc) is 3.40. The summed E-state index contributed by atoms with van der Waals surface area (Å²) in [5, 5.41) is 3.31. The quantitative estimate of drug-likeness (QED) is 0.588. The molecule has 3 aromatic rings. The lowest BCUT2D eigenvalue weighted by Gasteiger charge is -2.12. The second-order valence-corrected chi connectivity index (χ2v) is 9.57. The van der Waals surface area contributed by atoms with E-state index in [2.05, 4.69) is 20.0 Å². The molecule has 28 heavy (non-hydrogen) atoms. The number of anilines is 2. The largest absolute Gasteiger partial charge is 0.346 e. The van der Waals surface area contributed by atoms with Gasteiger partial charge in [0.15, 0.2) is 0 Å². The van der Waals surface area contributed by atoms with Crippen LogP contribution in [0.2, 0.25) is 0 Å². The van der Waals surface area contributed by atoms with Gasteiger partial charge in [0.25, 0.3) is 0 Å². The fourth-order valence-electron chi connectivity index (χ4n) is 2.91. The molecule has 1 aromatic carbocycles. The zero-order valence-electron chi connectivity index (χ0n) is 15.7. The SMILES string of the molecule is CC(C)S(=O)(=O)Nc1ccc(-c2cc(NC(=O)C3CC3)nc3[nH]ccc23)cc1. The maximum Gasteiger partial charge on any atom is 0.235 e. The zero-order valence-corrected chi connectivity index (χ0v) is 16.5. The van der Waals surface area contributed by atoms with E-state index in [0.717, 1.165) is 29.4 Å². The number of H-pyrrole nitrogens is 1. The van der Waals surface area contributed by atoms with Gasteiger partial charge in [0.2, 0.25) is 15.9 Å². The summed E-state index contributed by atoms with van der Waals surface area (Å²) in [4.78, 5) is 19.7. The Balaban J connectivity index is 1.66. The number of nitrogens with one attached hydrogen (secondary N) is 3. The molecule has 0 radical (unpaired) electrons. The van der Waals surface area contributed by atoms with Gasteiger partial charge in [-0.3, -0.25) is 9.52 Å². The van der Waals surface area contributed by atoms with E-state index in [0.29, 0.717) is 17.2 Å². The highest BCUT2D eigenvalue weighted by atomic mass is 32.2. The van der Waals surface area contributed by atoms with Crippen LogP contribution >= 0.6 is 0 Å². The monoisotopic (exact) mass is 398 g/mol. The van der Waals surface area contributed by atoms with Crippen LogP contribution in [0.5, 0.6) is 0 Å². The Morgan fingerprint density at radius 3 is 2.54 bits per heavy atom. The predicted molar refractivity (Wildman–Crippen MR) is 111 cm³/mol. The highest BCUT2D eigenvalue weighted by Gasteiger charge is 2.30. The Hall–Kier alpha value is -2.87. The van der Waals surface area contributed by atoms with Crippen molar-refractivity contribution in [1.29, 1.82) is 0 Å². The Labute approximate surface area is 163 Å². The van der Waals surface area contributed by atoms with Crippen LogP contribution in [0.3, 0.4) is 0 Å². The van der Waals surface area contributed by atoms with E-state index in [-0.39, 0.29) is 11.8 Å². The normalized spacial score (nSPS) is 14.4. The van der Waals surface area contributed by atoms with Crippen molar-refractivity contribution in [2.45, 2.75) is 31.9 Å². The van der Waals surface area contributed by atoms with Crippen LogP contribution in [0.25, 0.3) is 22.2 Å². The molecule has 2 aromatic heterocycles. The van der Waals surface area contributed by atoms with E-state index in [9.17, 15) is 13.2 Å². The first-order valence-electron chi connectivity index (χ1n) is 9.24. The van der Waals surface area contributed by atoms with Crippen LogP contribution in [0.1, 0.15) is 26.7 Å². The summed E-state index contributed by atoms with van der Waals surface area (Å²) < 4.78 is 26.7. The maximum absolute atomic E-state index is 12.1. The van der Waals surface area contributed by atoms with Gasteiger partial charge in [-0.05, 0) is 62.1 Å². The molecule has 0 spiro atoms. The molecule has 1 amide bonds. The summed E-state index contributed by atoms with van der Waals surface area (Å²) in [5.41, 5.74) is 3.02.